The zero-order chi connectivity index (χ0) is 21.5. The van der Waals surface area contributed by atoms with Crippen molar-refractivity contribution in [3.05, 3.63) is 39.3 Å². The Morgan fingerprint density at radius 3 is 2.59 bits per heavy atom. The average Bonchev–Trinajstić information content (AvgIpc) is 3.43. The quantitative estimate of drug-likeness (QED) is 0.464. The van der Waals surface area contributed by atoms with Gasteiger partial charge < -0.3 is 21.8 Å². The number of nitrogens with two attached hydrogens (primary N) is 2. The van der Waals surface area contributed by atoms with Crippen molar-refractivity contribution >= 4 is 33.3 Å². The lowest BCUT2D eigenvalue weighted by Gasteiger charge is -2.27. The Bertz CT molecular complexity index is 1110. The molecule has 0 aromatic carbocycles. The van der Waals surface area contributed by atoms with Crippen molar-refractivity contribution in [2.45, 2.75) is 37.6 Å². The maximum Gasteiger partial charge on any atom is 0.272 e. The fourth-order valence-corrected chi connectivity index (χ4v) is 5.67. The highest BCUT2D eigenvalue weighted by Gasteiger charge is 2.36. The third kappa shape index (κ3) is 3.84. The van der Waals surface area contributed by atoms with Crippen LogP contribution in [0.2, 0.25) is 0 Å². The standard InChI is InChI=1S/C19H25N5O4S/c1-9-10(2)23-18(21)15(13(9)6-22-8-25)14-11(3)24-19(26)16(20)17(14)29(27,28)7-12-4-5-12/h8,10,12H,1,4-7,20H2,2-3H3,(H2,21,23)(H,22,25)(H,24,26). The number of hydrogen-bond donors (Lipinski definition) is 4. The molecular formula is C19H25N5O4S. The smallest absolute Gasteiger partial charge is 0.272 e. The van der Waals surface area contributed by atoms with Crippen LogP contribution in [0.15, 0.2) is 32.4 Å². The molecule has 0 bridgehead atoms. The van der Waals surface area contributed by atoms with Gasteiger partial charge >= 0.3 is 0 Å². The van der Waals surface area contributed by atoms with Gasteiger partial charge in [0, 0.05) is 23.4 Å². The van der Waals surface area contributed by atoms with Crippen LogP contribution in [0.4, 0.5) is 5.69 Å². The van der Waals surface area contributed by atoms with Crippen LogP contribution in [0, 0.1) is 12.8 Å². The van der Waals surface area contributed by atoms with Gasteiger partial charge in [-0.15, -0.1) is 0 Å². The van der Waals surface area contributed by atoms with Crippen LogP contribution in [0.5, 0.6) is 0 Å². The predicted molar refractivity (Wildman–Crippen MR) is 112 cm³/mol. The second kappa shape index (κ2) is 7.51. The van der Waals surface area contributed by atoms with Gasteiger partial charge in [-0.3, -0.25) is 14.6 Å². The van der Waals surface area contributed by atoms with Crippen molar-refractivity contribution in [3.63, 3.8) is 0 Å². The number of carbonyl (C=O) groups is 1. The Morgan fingerprint density at radius 2 is 2.00 bits per heavy atom. The Kier molecular flexibility index (Phi) is 5.40. The van der Waals surface area contributed by atoms with Crippen molar-refractivity contribution in [3.8, 4) is 0 Å². The van der Waals surface area contributed by atoms with E-state index in [4.69, 9.17) is 11.5 Å². The topological polar surface area (TPSA) is 160 Å². The molecule has 1 amide bonds. The van der Waals surface area contributed by atoms with E-state index in [0.717, 1.165) is 12.8 Å². The number of nitrogens with one attached hydrogen (secondary N) is 2. The van der Waals surface area contributed by atoms with Crippen LogP contribution in [-0.2, 0) is 14.6 Å². The van der Waals surface area contributed by atoms with Crippen molar-refractivity contribution in [1.29, 1.82) is 0 Å². The summed E-state index contributed by atoms with van der Waals surface area (Å²) in [5, 5.41) is 2.57. The van der Waals surface area contributed by atoms with E-state index in [-0.39, 0.29) is 46.2 Å². The molecule has 1 fully saturated rings. The van der Waals surface area contributed by atoms with Crippen LogP contribution in [-0.4, -0.2) is 44.0 Å². The minimum Gasteiger partial charge on any atom is -0.393 e. The van der Waals surface area contributed by atoms with E-state index in [2.05, 4.69) is 21.9 Å². The lowest BCUT2D eigenvalue weighted by Crippen LogP contribution is -2.32. The fourth-order valence-electron chi connectivity index (χ4n) is 3.55. The van der Waals surface area contributed by atoms with E-state index in [1.165, 1.54) is 0 Å². The molecule has 1 aromatic heterocycles. The van der Waals surface area contributed by atoms with E-state index in [1.54, 1.807) is 13.8 Å². The number of aliphatic imine (C=N–C) groups is 1. The van der Waals surface area contributed by atoms with Gasteiger partial charge in [0.15, 0.2) is 9.84 Å². The molecular weight excluding hydrogens is 394 g/mol. The van der Waals surface area contributed by atoms with Crippen molar-refractivity contribution in [2.75, 3.05) is 18.0 Å². The van der Waals surface area contributed by atoms with E-state index in [9.17, 15) is 18.0 Å². The first-order chi connectivity index (χ1) is 13.6. The number of amides is 1. The molecule has 1 saturated carbocycles. The number of nitrogens with zero attached hydrogens (tertiary/aromatic N) is 1. The SMILES string of the molecule is C=C1C(CNC=O)=C(c2c(C)[nH]c(=O)c(N)c2S(=O)(=O)CC2CC2)C(N)=NC1C. The van der Waals surface area contributed by atoms with Crippen molar-refractivity contribution in [2.24, 2.45) is 16.6 Å². The zero-order valence-corrected chi connectivity index (χ0v) is 17.2. The summed E-state index contributed by atoms with van der Waals surface area (Å²) in [5.41, 5.74) is 13.1. The second-order valence-electron chi connectivity index (χ2n) is 7.49. The molecule has 156 valence electrons. The number of nitrogen functional groups attached to an aromatic ring is 1. The van der Waals surface area contributed by atoms with E-state index in [0.29, 0.717) is 28.8 Å². The highest BCUT2D eigenvalue weighted by atomic mass is 32.2. The number of rotatable bonds is 7. The number of carbonyl (C=O) groups excluding carboxylic acids is 1. The Labute approximate surface area is 168 Å². The number of aryl methyl sites for hydroxylation is 1. The van der Waals surface area contributed by atoms with Gasteiger partial charge in [0.05, 0.1) is 11.8 Å². The van der Waals surface area contributed by atoms with Gasteiger partial charge in [-0.1, -0.05) is 6.58 Å². The molecule has 1 unspecified atom stereocenters. The summed E-state index contributed by atoms with van der Waals surface area (Å²) in [7, 11) is -3.86. The summed E-state index contributed by atoms with van der Waals surface area (Å²) in [5.74, 6) is 0.0749. The molecule has 0 radical (unpaired) electrons. The number of dihydropyridines is 1. The minimum atomic E-state index is -3.86. The van der Waals surface area contributed by atoms with Crippen LogP contribution >= 0.6 is 0 Å². The molecule has 6 N–H and O–H groups in total. The molecule has 1 atom stereocenters. The molecule has 2 aliphatic rings. The van der Waals surface area contributed by atoms with E-state index >= 15 is 0 Å². The lowest BCUT2D eigenvalue weighted by atomic mass is 9.88. The Morgan fingerprint density at radius 1 is 1.34 bits per heavy atom. The molecule has 10 heteroatoms. The molecule has 2 heterocycles. The first-order valence-electron chi connectivity index (χ1n) is 9.27. The molecule has 1 aliphatic carbocycles. The fraction of sp³-hybridized carbons (Fsp3) is 0.421. The summed E-state index contributed by atoms with van der Waals surface area (Å²) in [6.07, 6.45) is 2.18. The largest absolute Gasteiger partial charge is 0.393 e. The third-order valence-electron chi connectivity index (χ3n) is 5.25. The summed E-state index contributed by atoms with van der Waals surface area (Å²) in [4.78, 5) is 29.9. The van der Waals surface area contributed by atoms with Crippen LogP contribution in [0.3, 0.4) is 0 Å². The number of anilines is 1. The maximum absolute atomic E-state index is 13.2. The summed E-state index contributed by atoms with van der Waals surface area (Å²) in [6, 6.07) is -0.339. The molecule has 0 spiro atoms. The number of amidine groups is 1. The summed E-state index contributed by atoms with van der Waals surface area (Å²) < 4.78 is 26.4. The van der Waals surface area contributed by atoms with Gasteiger partial charge in [-0.2, -0.15) is 0 Å². The molecule has 29 heavy (non-hydrogen) atoms. The van der Waals surface area contributed by atoms with Gasteiger partial charge in [-0.25, -0.2) is 8.42 Å². The summed E-state index contributed by atoms with van der Waals surface area (Å²) >= 11 is 0. The van der Waals surface area contributed by atoms with Gasteiger partial charge in [-0.05, 0) is 43.8 Å². The maximum atomic E-state index is 13.2. The highest BCUT2D eigenvalue weighted by Crippen LogP contribution is 2.39. The molecule has 3 rings (SSSR count). The van der Waals surface area contributed by atoms with E-state index in [1.807, 2.05) is 0 Å². The number of aromatic nitrogens is 1. The normalized spacial score (nSPS) is 19.9. The number of H-pyrrole nitrogens is 1. The zero-order valence-electron chi connectivity index (χ0n) is 16.4. The minimum absolute atomic E-state index is 0.0596. The predicted octanol–water partition coefficient (Wildman–Crippen LogP) is 0.264. The van der Waals surface area contributed by atoms with Gasteiger partial charge in [0.1, 0.15) is 16.4 Å². The Hall–Kier alpha value is -2.88. The second-order valence-corrected chi connectivity index (χ2v) is 9.46. The van der Waals surface area contributed by atoms with Gasteiger partial charge in [0.25, 0.3) is 5.56 Å². The van der Waals surface area contributed by atoms with Crippen LogP contribution in [0.1, 0.15) is 31.0 Å². The van der Waals surface area contributed by atoms with Crippen molar-refractivity contribution in [1.82, 2.24) is 10.3 Å². The first kappa shape index (κ1) is 20.8. The van der Waals surface area contributed by atoms with Crippen LogP contribution < -0.4 is 22.3 Å². The number of hydrogen-bond acceptors (Lipinski definition) is 7. The number of pyridine rings is 1. The lowest BCUT2D eigenvalue weighted by molar-refractivity contribution is -0.109. The van der Waals surface area contributed by atoms with Crippen molar-refractivity contribution < 1.29 is 13.2 Å². The van der Waals surface area contributed by atoms with Gasteiger partial charge in [0.2, 0.25) is 6.41 Å². The average molecular weight is 420 g/mol. The molecule has 0 saturated heterocycles. The summed E-state index contributed by atoms with van der Waals surface area (Å²) in [6.45, 7) is 7.49. The molecule has 9 nitrogen and oxygen atoms in total. The monoisotopic (exact) mass is 419 g/mol. The molecule has 1 aromatic rings. The first-order valence-corrected chi connectivity index (χ1v) is 10.9. The number of aromatic amines is 1. The van der Waals surface area contributed by atoms with E-state index < -0.39 is 15.4 Å². The molecule has 1 aliphatic heterocycles. The van der Waals surface area contributed by atoms with Crippen LogP contribution in [0.25, 0.3) is 5.57 Å². The number of sulfone groups is 1. The highest BCUT2D eigenvalue weighted by molar-refractivity contribution is 7.91. The third-order valence-corrected chi connectivity index (χ3v) is 7.21. The Balaban J connectivity index is 2.36.